The Balaban J connectivity index is 1.90. The zero-order valence-electron chi connectivity index (χ0n) is 11.7. The van der Waals surface area contributed by atoms with Crippen molar-refractivity contribution in [3.63, 3.8) is 0 Å². The van der Waals surface area contributed by atoms with Crippen LogP contribution in [-0.4, -0.2) is 31.8 Å². The predicted octanol–water partition coefficient (Wildman–Crippen LogP) is 2.09. The van der Waals surface area contributed by atoms with Gasteiger partial charge in [-0.25, -0.2) is 0 Å². The maximum absolute atomic E-state index is 11.4. The van der Waals surface area contributed by atoms with Crippen molar-refractivity contribution in [2.24, 2.45) is 0 Å². The van der Waals surface area contributed by atoms with Crippen LogP contribution in [0.25, 0.3) is 0 Å². The molecule has 104 valence electrons. The van der Waals surface area contributed by atoms with Crippen molar-refractivity contribution in [1.29, 1.82) is 0 Å². The summed E-state index contributed by atoms with van der Waals surface area (Å²) in [5.41, 5.74) is 1.30. The van der Waals surface area contributed by atoms with Crippen LogP contribution in [0.2, 0.25) is 0 Å². The summed E-state index contributed by atoms with van der Waals surface area (Å²) in [5, 5.41) is 3.11. The molecule has 1 saturated heterocycles. The fraction of sp³-hybridized carbons (Fsp3) is 0.533. The van der Waals surface area contributed by atoms with Crippen LogP contribution in [0.1, 0.15) is 31.7 Å². The SMILES string of the molecule is COC(=O)C1CC(Oc2ccc(C(C)C)cc2)CN1. The lowest BCUT2D eigenvalue weighted by Crippen LogP contribution is -2.31. The van der Waals surface area contributed by atoms with Crippen LogP contribution >= 0.6 is 0 Å². The second-order valence-corrected chi connectivity index (χ2v) is 5.18. The van der Waals surface area contributed by atoms with Gasteiger partial charge in [0.25, 0.3) is 0 Å². The maximum atomic E-state index is 11.4. The minimum atomic E-state index is -0.245. The van der Waals surface area contributed by atoms with E-state index in [-0.39, 0.29) is 18.1 Å². The molecular weight excluding hydrogens is 242 g/mol. The highest BCUT2D eigenvalue weighted by Crippen LogP contribution is 2.21. The average molecular weight is 263 g/mol. The third-order valence-corrected chi connectivity index (χ3v) is 3.43. The zero-order chi connectivity index (χ0) is 13.8. The first-order valence-electron chi connectivity index (χ1n) is 6.68. The second kappa shape index (κ2) is 6.06. The molecule has 2 atom stereocenters. The number of carbonyl (C=O) groups is 1. The molecule has 1 aromatic rings. The largest absolute Gasteiger partial charge is 0.489 e. The number of nitrogens with one attached hydrogen (secondary N) is 1. The van der Waals surface area contributed by atoms with Crippen molar-refractivity contribution in [1.82, 2.24) is 5.32 Å². The van der Waals surface area contributed by atoms with E-state index in [9.17, 15) is 4.79 Å². The minimum Gasteiger partial charge on any atom is -0.489 e. The van der Waals surface area contributed by atoms with E-state index in [0.717, 1.165) is 5.75 Å². The van der Waals surface area contributed by atoms with Gasteiger partial charge in [0.2, 0.25) is 0 Å². The van der Waals surface area contributed by atoms with Crippen LogP contribution in [0.15, 0.2) is 24.3 Å². The van der Waals surface area contributed by atoms with Crippen molar-refractivity contribution >= 4 is 5.97 Å². The summed E-state index contributed by atoms with van der Waals surface area (Å²) in [5.74, 6) is 1.15. The molecule has 1 heterocycles. The lowest BCUT2D eigenvalue weighted by Gasteiger charge is -2.13. The number of hydrogen-bond donors (Lipinski definition) is 1. The number of carbonyl (C=O) groups excluding carboxylic acids is 1. The number of benzene rings is 1. The number of ether oxygens (including phenoxy) is 2. The van der Waals surface area contributed by atoms with Crippen LogP contribution in [0.3, 0.4) is 0 Å². The highest BCUT2D eigenvalue weighted by atomic mass is 16.5. The summed E-state index contributed by atoms with van der Waals surface area (Å²) < 4.78 is 10.6. The van der Waals surface area contributed by atoms with Gasteiger partial charge >= 0.3 is 5.97 Å². The first kappa shape index (κ1) is 13.9. The fourth-order valence-corrected chi connectivity index (χ4v) is 2.24. The minimum absolute atomic E-state index is 0.0222. The summed E-state index contributed by atoms with van der Waals surface area (Å²) in [6.45, 7) is 5.00. The molecule has 0 aliphatic carbocycles. The van der Waals surface area contributed by atoms with Gasteiger partial charge in [-0.1, -0.05) is 26.0 Å². The summed E-state index contributed by atoms with van der Waals surface area (Å²) in [6.07, 6.45) is 0.674. The molecule has 2 rings (SSSR count). The summed E-state index contributed by atoms with van der Waals surface area (Å²) in [7, 11) is 1.41. The number of methoxy groups -OCH3 is 1. The number of rotatable bonds is 4. The molecular formula is C15H21NO3. The van der Waals surface area contributed by atoms with Crippen LogP contribution in [-0.2, 0) is 9.53 Å². The van der Waals surface area contributed by atoms with Gasteiger partial charge in [-0.15, -0.1) is 0 Å². The Morgan fingerprint density at radius 2 is 2.00 bits per heavy atom. The van der Waals surface area contributed by atoms with Crippen molar-refractivity contribution in [3.8, 4) is 5.75 Å². The van der Waals surface area contributed by atoms with E-state index >= 15 is 0 Å². The average Bonchev–Trinajstić information content (AvgIpc) is 2.87. The van der Waals surface area contributed by atoms with Crippen molar-refractivity contribution < 1.29 is 14.3 Å². The number of esters is 1. The van der Waals surface area contributed by atoms with E-state index in [1.807, 2.05) is 12.1 Å². The normalized spacial score (nSPS) is 22.5. The molecule has 1 aliphatic heterocycles. The molecule has 1 aromatic carbocycles. The van der Waals surface area contributed by atoms with Crippen LogP contribution in [0, 0.1) is 0 Å². The second-order valence-electron chi connectivity index (χ2n) is 5.18. The van der Waals surface area contributed by atoms with Gasteiger partial charge < -0.3 is 14.8 Å². The summed E-state index contributed by atoms with van der Waals surface area (Å²) >= 11 is 0. The quantitative estimate of drug-likeness (QED) is 0.845. The van der Waals surface area contributed by atoms with Gasteiger partial charge in [0.05, 0.1) is 7.11 Å². The van der Waals surface area contributed by atoms with E-state index in [1.165, 1.54) is 12.7 Å². The van der Waals surface area contributed by atoms with Gasteiger partial charge in [-0.05, 0) is 23.6 Å². The predicted molar refractivity (Wildman–Crippen MR) is 73.4 cm³/mol. The molecule has 2 unspecified atom stereocenters. The van der Waals surface area contributed by atoms with E-state index in [2.05, 4.69) is 31.3 Å². The molecule has 0 amide bonds. The van der Waals surface area contributed by atoms with E-state index in [1.54, 1.807) is 0 Å². The molecule has 1 fully saturated rings. The Hall–Kier alpha value is -1.55. The topological polar surface area (TPSA) is 47.6 Å². The Labute approximate surface area is 114 Å². The van der Waals surface area contributed by atoms with Gasteiger partial charge in [-0.2, -0.15) is 0 Å². The van der Waals surface area contributed by atoms with Crippen LogP contribution in [0.4, 0.5) is 0 Å². The van der Waals surface area contributed by atoms with Gasteiger partial charge in [0, 0.05) is 13.0 Å². The summed E-state index contributed by atoms with van der Waals surface area (Å²) in [6, 6.07) is 7.90. The summed E-state index contributed by atoms with van der Waals surface area (Å²) in [4.78, 5) is 11.4. The lowest BCUT2D eigenvalue weighted by atomic mass is 10.0. The Morgan fingerprint density at radius 1 is 1.32 bits per heavy atom. The molecule has 1 N–H and O–H groups in total. The smallest absolute Gasteiger partial charge is 0.323 e. The van der Waals surface area contributed by atoms with E-state index in [0.29, 0.717) is 18.9 Å². The van der Waals surface area contributed by atoms with Crippen LogP contribution < -0.4 is 10.1 Å². The van der Waals surface area contributed by atoms with Crippen molar-refractivity contribution in [2.75, 3.05) is 13.7 Å². The third kappa shape index (κ3) is 3.47. The van der Waals surface area contributed by atoms with Gasteiger partial charge in [0.15, 0.2) is 0 Å². The molecule has 0 saturated carbocycles. The monoisotopic (exact) mass is 263 g/mol. The molecule has 4 nitrogen and oxygen atoms in total. The molecule has 0 radical (unpaired) electrons. The molecule has 0 bridgehead atoms. The Morgan fingerprint density at radius 3 is 2.58 bits per heavy atom. The molecule has 0 aromatic heterocycles. The highest BCUT2D eigenvalue weighted by molar-refractivity contribution is 5.76. The molecule has 19 heavy (non-hydrogen) atoms. The molecule has 1 aliphatic rings. The molecule has 4 heteroatoms. The third-order valence-electron chi connectivity index (χ3n) is 3.43. The van der Waals surface area contributed by atoms with Crippen molar-refractivity contribution in [2.45, 2.75) is 38.3 Å². The zero-order valence-corrected chi connectivity index (χ0v) is 11.7. The van der Waals surface area contributed by atoms with E-state index < -0.39 is 0 Å². The Bertz CT molecular complexity index is 428. The number of hydrogen-bond acceptors (Lipinski definition) is 4. The highest BCUT2D eigenvalue weighted by Gasteiger charge is 2.31. The van der Waals surface area contributed by atoms with E-state index in [4.69, 9.17) is 9.47 Å². The van der Waals surface area contributed by atoms with Gasteiger partial charge in [0.1, 0.15) is 17.9 Å². The Kier molecular flexibility index (Phi) is 4.43. The first-order chi connectivity index (χ1) is 9.10. The lowest BCUT2D eigenvalue weighted by molar-refractivity contribution is -0.142. The molecule has 0 spiro atoms. The standard InChI is InChI=1S/C15H21NO3/c1-10(2)11-4-6-12(7-5-11)19-13-8-14(16-9-13)15(17)18-3/h4-7,10,13-14,16H,8-9H2,1-3H3. The van der Waals surface area contributed by atoms with Crippen molar-refractivity contribution in [3.05, 3.63) is 29.8 Å². The van der Waals surface area contributed by atoms with Crippen LogP contribution in [0.5, 0.6) is 5.75 Å². The van der Waals surface area contributed by atoms with Gasteiger partial charge in [-0.3, -0.25) is 4.79 Å². The maximum Gasteiger partial charge on any atom is 0.323 e. The fourth-order valence-electron chi connectivity index (χ4n) is 2.24. The first-order valence-corrected chi connectivity index (χ1v) is 6.68.